The number of aliphatic carboxylic acids is 1. The van der Waals surface area contributed by atoms with Crippen molar-refractivity contribution in [1.29, 1.82) is 0 Å². The summed E-state index contributed by atoms with van der Waals surface area (Å²) in [5.74, 6) is 2.56. The third-order valence-electron chi connectivity index (χ3n) is 4.59. The van der Waals surface area contributed by atoms with E-state index < -0.39 is 5.97 Å². The molecule has 1 aromatic heterocycles. The summed E-state index contributed by atoms with van der Waals surface area (Å²) in [6, 6.07) is 0. The molecule has 0 saturated heterocycles. The molecule has 1 aromatic rings. The monoisotopic (exact) mass is 295 g/mol. The summed E-state index contributed by atoms with van der Waals surface area (Å²) < 4.78 is 2.17. The molecule has 1 heterocycles. The first-order valence-electron chi connectivity index (χ1n) is 7.46. The lowest BCUT2D eigenvalue weighted by atomic mass is 9.88. The van der Waals surface area contributed by atoms with Crippen LogP contribution in [0.25, 0.3) is 0 Å². The Morgan fingerprint density at radius 2 is 2.25 bits per heavy atom. The van der Waals surface area contributed by atoms with Gasteiger partial charge in [0.15, 0.2) is 5.16 Å². The van der Waals surface area contributed by atoms with E-state index in [1.165, 1.54) is 37.4 Å². The molecular formula is C14H21N3O2S. The SMILES string of the molecule is CCCn1c(SCC(=O)O)nnc1C1CC2CCC1C2. The molecule has 0 aromatic carbocycles. The van der Waals surface area contributed by atoms with Crippen LogP contribution in [0.5, 0.6) is 0 Å². The minimum Gasteiger partial charge on any atom is -0.481 e. The molecule has 2 bridgehead atoms. The van der Waals surface area contributed by atoms with Gasteiger partial charge in [0.2, 0.25) is 0 Å². The van der Waals surface area contributed by atoms with Crippen LogP contribution >= 0.6 is 11.8 Å². The molecule has 0 amide bonds. The van der Waals surface area contributed by atoms with Gasteiger partial charge in [-0.1, -0.05) is 25.1 Å². The van der Waals surface area contributed by atoms with Gasteiger partial charge in [-0.15, -0.1) is 10.2 Å². The van der Waals surface area contributed by atoms with Gasteiger partial charge in [0, 0.05) is 12.5 Å². The Bertz CT molecular complexity index is 503. The molecule has 5 nitrogen and oxygen atoms in total. The molecule has 110 valence electrons. The van der Waals surface area contributed by atoms with Crippen LogP contribution in [0.4, 0.5) is 0 Å². The summed E-state index contributed by atoms with van der Waals surface area (Å²) in [5.41, 5.74) is 0. The van der Waals surface area contributed by atoms with Crippen molar-refractivity contribution < 1.29 is 9.90 Å². The van der Waals surface area contributed by atoms with E-state index in [1.54, 1.807) is 0 Å². The fraction of sp³-hybridized carbons (Fsp3) is 0.786. The fourth-order valence-electron chi connectivity index (χ4n) is 3.80. The second-order valence-corrected chi connectivity index (χ2v) is 6.90. The summed E-state index contributed by atoms with van der Waals surface area (Å²) >= 11 is 1.28. The first-order valence-corrected chi connectivity index (χ1v) is 8.45. The normalized spacial score (nSPS) is 28.1. The van der Waals surface area contributed by atoms with E-state index in [-0.39, 0.29) is 5.75 Å². The molecule has 1 N–H and O–H groups in total. The van der Waals surface area contributed by atoms with Gasteiger partial charge in [0.25, 0.3) is 0 Å². The molecule has 0 radical (unpaired) electrons. The van der Waals surface area contributed by atoms with Crippen molar-refractivity contribution >= 4 is 17.7 Å². The first-order chi connectivity index (χ1) is 9.69. The van der Waals surface area contributed by atoms with Crippen LogP contribution in [0.15, 0.2) is 5.16 Å². The Morgan fingerprint density at radius 1 is 1.40 bits per heavy atom. The number of carbonyl (C=O) groups is 1. The number of hydrogen-bond donors (Lipinski definition) is 1. The number of nitrogens with zero attached hydrogens (tertiary/aromatic N) is 3. The predicted octanol–water partition coefficient (Wildman–Crippen LogP) is 2.77. The molecular weight excluding hydrogens is 274 g/mol. The Morgan fingerprint density at radius 3 is 2.85 bits per heavy atom. The lowest BCUT2D eigenvalue weighted by molar-refractivity contribution is -0.133. The Labute approximate surface area is 123 Å². The molecule has 2 aliphatic rings. The molecule has 0 spiro atoms. The van der Waals surface area contributed by atoms with Gasteiger partial charge in [-0.05, 0) is 37.5 Å². The van der Waals surface area contributed by atoms with E-state index >= 15 is 0 Å². The van der Waals surface area contributed by atoms with Crippen molar-refractivity contribution in [3.63, 3.8) is 0 Å². The topological polar surface area (TPSA) is 68.0 Å². The van der Waals surface area contributed by atoms with Gasteiger partial charge < -0.3 is 9.67 Å². The smallest absolute Gasteiger partial charge is 0.313 e. The quantitative estimate of drug-likeness (QED) is 0.817. The molecule has 20 heavy (non-hydrogen) atoms. The van der Waals surface area contributed by atoms with Crippen LogP contribution in [0.2, 0.25) is 0 Å². The molecule has 0 aliphatic heterocycles. The Balaban J connectivity index is 1.81. The van der Waals surface area contributed by atoms with Gasteiger partial charge >= 0.3 is 5.97 Å². The molecule has 2 aliphatic carbocycles. The average Bonchev–Trinajstić information content (AvgIpc) is 3.11. The maximum Gasteiger partial charge on any atom is 0.313 e. The van der Waals surface area contributed by atoms with Crippen LogP contribution in [0, 0.1) is 11.8 Å². The minimum absolute atomic E-state index is 0.0541. The first kappa shape index (κ1) is 13.9. The minimum atomic E-state index is -0.803. The second-order valence-electron chi connectivity index (χ2n) is 5.96. The second kappa shape index (κ2) is 5.76. The summed E-state index contributed by atoms with van der Waals surface area (Å²) in [6.07, 6.45) is 6.32. The zero-order chi connectivity index (χ0) is 14.1. The van der Waals surface area contributed by atoms with E-state index in [0.717, 1.165) is 35.8 Å². The van der Waals surface area contributed by atoms with Crippen molar-refractivity contribution in [3.8, 4) is 0 Å². The Hall–Kier alpha value is -1.04. The molecule has 6 heteroatoms. The number of carboxylic acids is 1. The van der Waals surface area contributed by atoms with Crippen molar-refractivity contribution in [1.82, 2.24) is 14.8 Å². The predicted molar refractivity (Wildman–Crippen MR) is 76.9 cm³/mol. The van der Waals surface area contributed by atoms with Crippen molar-refractivity contribution in [2.45, 2.75) is 56.6 Å². The zero-order valence-electron chi connectivity index (χ0n) is 11.8. The van der Waals surface area contributed by atoms with E-state index in [4.69, 9.17) is 5.11 Å². The van der Waals surface area contributed by atoms with Crippen molar-refractivity contribution in [2.24, 2.45) is 11.8 Å². The maximum atomic E-state index is 10.7. The summed E-state index contributed by atoms with van der Waals surface area (Å²) in [5, 5.41) is 18.3. The number of hydrogen-bond acceptors (Lipinski definition) is 4. The van der Waals surface area contributed by atoms with Gasteiger partial charge in [-0.3, -0.25) is 4.79 Å². The molecule has 2 fully saturated rings. The van der Waals surface area contributed by atoms with Crippen LogP contribution in [0.3, 0.4) is 0 Å². The van der Waals surface area contributed by atoms with E-state index in [2.05, 4.69) is 21.7 Å². The van der Waals surface area contributed by atoms with Crippen molar-refractivity contribution in [3.05, 3.63) is 5.82 Å². The lowest BCUT2D eigenvalue weighted by Gasteiger charge is -2.21. The van der Waals surface area contributed by atoms with E-state index in [1.807, 2.05) is 0 Å². The van der Waals surface area contributed by atoms with Gasteiger partial charge in [-0.2, -0.15) is 0 Å². The fourth-order valence-corrected chi connectivity index (χ4v) is 4.49. The molecule has 3 atom stereocenters. The van der Waals surface area contributed by atoms with Crippen molar-refractivity contribution in [2.75, 3.05) is 5.75 Å². The molecule has 3 rings (SSSR count). The molecule has 3 unspecified atom stereocenters. The van der Waals surface area contributed by atoms with E-state index in [9.17, 15) is 4.79 Å². The summed E-state index contributed by atoms with van der Waals surface area (Å²) in [6.45, 7) is 3.02. The van der Waals surface area contributed by atoms with Gasteiger partial charge in [0.1, 0.15) is 5.82 Å². The third kappa shape index (κ3) is 2.57. The number of carboxylic acid groups (broad SMARTS) is 1. The zero-order valence-corrected chi connectivity index (χ0v) is 12.6. The number of thioether (sulfide) groups is 1. The standard InChI is InChI=1S/C14H21N3O2S/c1-2-5-17-13(11-7-9-3-4-10(11)6-9)15-16-14(17)20-8-12(18)19/h9-11H,2-8H2,1H3,(H,18,19). The van der Waals surface area contributed by atoms with Crippen LogP contribution < -0.4 is 0 Å². The highest BCUT2D eigenvalue weighted by Crippen LogP contribution is 2.52. The largest absolute Gasteiger partial charge is 0.481 e. The lowest BCUT2D eigenvalue weighted by Crippen LogP contribution is -2.15. The van der Waals surface area contributed by atoms with Crippen LogP contribution in [0.1, 0.15) is 50.8 Å². The summed E-state index contributed by atoms with van der Waals surface area (Å²) in [7, 11) is 0. The number of fused-ring (bicyclic) bond motifs is 2. The highest BCUT2D eigenvalue weighted by atomic mass is 32.2. The average molecular weight is 295 g/mol. The number of aromatic nitrogens is 3. The van der Waals surface area contributed by atoms with Gasteiger partial charge in [0.05, 0.1) is 5.75 Å². The summed E-state index contributed by atoms with van der Waals surface area (Å²) in [4.78, 5) is 10.7. The Kier molecular flexibility index (Phi) is 4.01. The molecule has 2 saturated carbocycles. The highest BCUT2D eigenvalue weighted by Gasteiger charge is 2.42. The maximum absolute atomic E-state index is 10.7. The van der Waals surface area contributed by atoms with Crippen LogP contribution in [-0.2, 0) is 11.3 Å². The van der Waals surface area contributed by atoms with Gasteiger partial charge in [-0.25, -0.2) is 0 Å². The van der Waals surface area contributed by atoms with E-state index in [0.29, 0.717) is 5.92 Å². The highest BCUT2D eigenvalue weighted by molar-refractivity contribution is 7.99. The third-order valence-corrected chi connectivity index (χ3v) is 5.54. The number of rotatable bonds is 6. The van der Waals surface area contributed by atoms with Crippen LogP contribution in [-0.4, -0.2) is 31.6 Å².